The number of aromatic amines is 1. The number of hydrogen-bond acceptors (Lipinski definition) is 4. The molecule has 0 fully saturated rings. The number of aromatic hydroxyl groups is 1. The number of aromatic nitrogens is 2. The van der Waals surface area contributed by atoms with Gasteiger partial charge in [0.05, 0.1) is 11.4 Å². The highest BCUT2D eigenvalue weighted by molar-refractivity contribution is 5.95. The van der Waals surface area contributed by atoms with Crippen LogP contribution in [-0.2, 0) is 0 Å². The number of aliphatic imine (C=N–C) groups is 1. The summed E-state index contributed by atoms with van der Waals surface area (Å²) in [6.45, 7) is 0. The van der Waals surface area contributed by atoms with Gasteiger partial charge in [0.15, 0.2) is 0 Å². The molecule has 0 radical (unpaired) electrons. The molecule has 0 amide bonds. The predicted octanol–water partition coefficient (Wildman–Crippen LogP) is 3.27. The van der Waals surface area contributed by atoms with E-state index in [0.29, 0.717) is 5.69 Å². The second-order valence-electron chi connectivity index (χ2n) is 6.06. The van der Waals surface area contributed by atoms with Gasteiger partial charge in [0.1, 0.15) is 11.4 Å². The maximum absolute atomic E-state index is 13.2. The zero-order chi connectivity index (χ0) is 19.7. The monoisotopic (exact) mass is 375 g/mol. The van der Waals surface area contributed by atoms with Crippen LogP contribution in [0.2, 0.25) is 0 Å². The Morgan fingerprint density at radius 1 is 0.964 bits per heavy atom. The Hall–Kier alpha value is -4.00. The van der Waals surface area contributed by atoms with E-state index in [1.165, 1.54) is 18.3 Å². The van der Waals surface area contributed by atoms with Gasteiger partial charge in [-0.25, -0.2) is 13.8 Å². The number of nitrogens with one attached hydrogen (secondary N) is 1. The maximum atomic E-state index is 13.2. The predicted molar refractivity (Wildman–Crippen MR) is 105 cm³/mol. The lowest BCUT2D eigenvalue weighted by Gasteiger charge is -2.09. The smallest absolute Gasteiger partial charge is 0.335 e. The normalized spacial score (nSPS) is 11.3. The largest absolute Gasteiger partial charge is 0.493 e. The van der Waals surface area contributed by atoms with Crippen LogP contribution in [0.1, 0.15) is 5.56 Å². The quantitative estimate of drug-likeness (QED) is 0.539. The molecular weight excluding hydrogens is 361 g/mol. The van der Waals surface area contributed by atoms with Gasteiger partial charge in [0, 0.05) is 11.6 Å². The SMILES string of the molecule is O=c1[nH]c(=O)n(-c2ccc(F)cc2)c(O)c1C=Nc1cccc2ccccc12. The van der Waals surface area contributed by atoms with E-state index < -0.39 is 22.9 Å². The molecule has 0 bridgehead atoms. The van der Waals surface area contributed by atoms with E-state index in [9.17, 15) is 19.1 Å². The standard InChI is InChI=1S/C21H14FN3O3/c22-14-8-10-15(11-9-14)25-20(27)17(19(26)24-21(25)28)12-23-18-7-3-5-13-4-1-2-6-16(13)18/h1-12,27H,(H,24,26,28). The maximum Gasteiger partial charge on any atom is 0.335 e. The van der Waals surface area contributed by atoms with Crippen LogP contribution >= 0.6 is 0 Å². The Labute approximate surface area is 157 Å². The number of fused-ring (bicyclic) bond motifs is 1. The molecule has 4 rings (SSSR count). The van der Waals surface area contributed by atoms with Gasteiger partial charge in [-0.05, 0) is 35.7 Å². The van der Waals surface area contributed by atoms with Crippen LogP contribution in [0.25, 0.3) is 16.5 Å². The Morgan fingerprint density at radius 2 is 1.68 bits per heavy atom. The van der Waals surface area contributed by atoms with Crippen LogP contribution in [0, 0.1) is 5.82 Å². The highest BCUT2D eigenvalue weighted by Crippen LogP contribution is 2.25. The number of rotatable bonds is 3. The van der Waals surface area contributed by atoms with Crippen molar-refractivity contribution in [2.45, 2.75) is 0 Å². The molecule has 2 N–H and O–H groups in total. The number of nitrogens with zero attached hydrogens (tertiary/aromatic N) is 2. The van der Waals surface area contributed by atoms with Crippen molar-refractivity contribution in [3.63, 3.8) is 0 Å². The summed E-state index contributed by atoms with van der Waals surface area (Å²) in [7, 11) is 0. The van der Waals surface area contributed by atoms with E-state index in [2.05, 4.69) is 9.98 Å². The average molecular weight is 375 g/mol. The third-order valence-electron chi connectivity index (χ3n) is 4.31. The first-order chi connectivity index (χ1) is 13.5. The van der Waals surface area contributed by atoms with Crippen LogP contribution < -0.4 is 11.2 Å². The van der Waals surface area contributed by atoms with Gasteiger partial charge in [-0.15, -0.1) is 0 Å². The Morgan fingerprint density at radius 3 is 2.46 bits per heavy atom. The van der Waals surface area contributed by atoms with E-state index in [1.54, 1.807) is 6.07 Å². The lowest BCUT2D eigenvalue weighted by Crippen LogP contribution is -2.31. The summed E-state index contributed by atoms with van der Waals surface area (Å²) in [6.07, 6.45) is 1.20. The Balaban J connectivity index is 1.85. The molecule has 1 aromatic heterocycles. The molecule has 0 aliphatic carbocycles. The van der Waals surface area contributed by atoms with Gasteiger partial charge < -0.3 is 5.11 Å². The van der Waals surface area contributed by atoms with Crippen LogP contribution in [0.15, 0.2) is 81.3 Å². The van der Waals surface area contributed by atoms with Crippen LogP contribution in [0.5, 0.6) is 5.88 Å². The third-order valence-corrected chi connectivity index (χ3v) is 4.31. The fourth-order valence-electron chi connectivity index (χ4n) is 2.94. The van der Waals surface area contributed by atoms with E-state index in [4.69, 9.17) is 0 Å². The van der Waals surface area contributed by atoms with Crippen molar-refractivity contribution in [1.29, 1.82) is 0 Å². The molecule has 0 aliphatic heterocycles. The first-order valence-electron chi connectivity index (χ1n) is 8.40. The lowest BCUT2D eigenvalue weighted by atomic mass is 10.1. The van der Waals surface area contributed by atoms with Crippen molar-refractivity contribution in [3.8, 4) is 11.6 Å². The summed E-state index contributed by atoms with van der Waals surface area (Å²) in [6, 6.07) is 18.1. The van der Waals surface area contributed by atoms with Crippen molar-refractivity contribution in [2.75, 3.05) is 0 Å². The molecule has 3 aromatic carbocycles. The fraction of sp³-hybridized carbons (Fsp3) is 0. The summed E-state index contributed by atoms with van der Waals surface area (Å²) in [5.74, 6) is -1.07. The minimum Gasteiger partial charge on any atom is -0.493 e. The Bertz CT molecular complexity index is 1320. The first kappa shape index (κ1) is 17.4. The Kier molecular flexibility index (Phi) is 4.33. The van der Waals surface area contributed by atoms with E-state index in [-0.39, 0.29) is 11.3 Å². The molecular formula is C21H14FN3O3. The van der Waals surface area contributed by atoms with Gasteiger partial charge in [-0.3, -0.25) is 14.8 Å². The highest BCUT2D eigenvalue weighted by Gasteiger charge is 2.14. The van der Waals surface area contributed by atoms with Gasteiger partial charge in [-0.2, -0.15) is 0 Å². The molecule has 28 heavy (non-hydrogen) atoms. The van der Waals surface area contributed by atoms with Crippen LogP contribution in [0.4, 0.5) is 10.1 Å². The van der Waals surface area contributed by atoms with Crippen molar-refractivity contribution in [2.24, 2.45) is 4.99 Å². The topological polar surface area (TPSA) is 87.5 Å². The molecule has 138 valence electrons. The number of benzene rings is 3. The molecule has 0 saturated carbocycles. The second kappa shape index (κ2) is 6.96. The first-order valence-corrected chi connectivity index (χ1v) is 8.40. The molecule has 6 nitrogen and oxygen atoms in total. The summed E-state index contributed by atoms with van der Waals surface area (Å²) in [4.78, 5) is 30.8. The third kappa shape index (κ3) is 3.09. The number of hydrogen-bond donors (Lipinski definition) is 2. The molecule has 0 atom stereocenters. The number of H-pyrrole nitrogens is 1. The van der Waals surface area contributed by atoms with E-state index in [1.807, 2.05) is 36.4 Å². The molecule has 4 aromatic rings. The van der Waals surface area contributed by atoms with Gasteiger partial charge in [0.2, 0.25) is 5.88 Å². The zero-order valence-electron chi connectivity index (χ0n) is 14.5. The summed E-state index contributed by atoms with van der Waals surface area (Å²) in [5, 5.41) is 12.4. The second-order valence-corrected chi connectivity index (χ2v) is 6.06. The van der Waals surface area contributed by atoms with Crippen LogP contribution in [-0.4, -0.2) is 20.9 Å². The van der Waals surface area contributed by atoms with Gasteiger partial charge in [-0.1, -0.05) is 36.4 Å². The molecule has 0 spiro atoms. The lowest BCUT2D eigenvalue weighted by molar-refractivity contribution is 0.430. The van der Waals surface area contributed by atoms with Gasteiger partial charge in [0.25, 0.3) is 5.56 Å². The molecule has 0 unspecified atom stereocenters. The highest BCUT2D eigenvalue weighted by atomic mass is 19.1. The minimum atomic E-state index is -0.837. The molecule has 0 aliphatic rings. The summed E-state index contributed by atoms with van der Waals surface area (Å²) >= 11 is 0. The summed E-state index contributed by atoms with van der Waals surface area (Å²) in [5.41, 5.74) is -0.977. The molecule has 1 heterocycles. The molecule has 0 saturated heterocycles. The van der Waals surface area contributed by atoms with E-state index in [0.717, 1.165) is 27.5 Å². The van der Waals surface area contributed by atoms with Crippen molar-refractivity contribution in [1.82, 2.24) is 9.55 Å². The van der Waals surface area contributed by atoms with Crippen molar-refractivity contribution >= 4 is 22.7 Å². The van der Waals surface area contributed by atoms with Crippen molar-refractivity contribution < 1.29 is 9.50 Å². The minimum absolute atomic E-state index is 0.183. The molecule has 7 heteroatoms. The average Bonchev–Trinajstić information content (AvgIpc) is 2.69. The number of halogens is 1. The zero-order valence-corrected chi connectivity index (χ0v) is 14.5. The van der Waals surface area contributed by atoms with Crippen LogP contribution in [0.3, 0.4) is 0 Å². The van der Waals surface area contributed by atoms with Gasteiger partial charge >= 0.3 is 5.69 Å². The van der Waals surface area contributed by atoms with E-state index >= 15 is 0 Å². The summed E-state index contributed by atoms with van der Waals surface area (Å²) < 4.78 is 14.0. The van der Waals surface area contributed by atoms with Crippen molar-refractivity contribution in [3.05, 3.63) is 98.9 Å². The fourth-order valence-corrected chi connectivity index (χ4v) is 2.94.